The molecule has 1 amide bonds. The Balaban J connectivity index is 1.26. The highest BCUT2D eigenvalue weighted by Crippen LogP contribution is 2.38. The van der Waals surface area contributed by atoms with E-state index < -0.39 is 16.9 Å². The zero-order chi connectivity index (χ0) is 34.2. The molecule has 0 radical (unpaired) electrons. The van der Waals surface area contributed by atoms with Gasteiger partial charge in [0.25, 0.3) is 17.2 Å². The predicted octanol–water partition coefficient (Wildman–Crippen LogP) is 6.15. The lowest BCUT2D eigenvalue weighted by Gasteiger charge is -2.26. The Morgan fingerprint density at radius 1 is 1.04 bits per heavy atom. The Morgan fingerprint density at radius 2 is 1.84 bits per heavy atom. The molecule has 15 heteroatoms. The number of rotatable bonds is 9. The number of nitro benzene ring substituents is 1. The maximum absolute atomic E-state index is 14.2. The number of nitrogens with one attached hydrogen (secondary N) is 1. The average Bonchev–Trinajstić information content (AvgIpc) is 3.80. The molecule has 0 unspecified atom stereocenters. The van der Waals surface area contributed by atoms with Crippen molar-refractivity contribution in [2.45, 2.75) is 22.4 Å². The van der Waals surface area contributed by atoms with E-state index in [0.29, 0.717) is 68.8 Å². The van der Waals surface area contributed by atoms with Crippen LogP contribution >= 0.6 is 34.4 Å². The number of nitro groups is 1. The number of furan rings is 1. The van der Waals surface area contributed by atoms with Crippen molar-refractivity contribution in [2.75, 3.05) is 19.5 Å². The summed E-state index contributed by atoms with van der Waals surface area (Å²) >= 11 is 3.79. The van der Waals surface area contributed by atoms with Crippen LogP contribution < -0.4 is 29.7 Å². The van der Waals surface area contributed by atoms with Crippen LogP contribution in [0.5, 0.6) is 11.5 Å². The minimum Gasteiger partial charge on any atom is -0.493 e. The van der Waals surface area contributed by atoms with Crippen LogP contribution in [0.15, 0.2) is 114 Å². The number of hydrogen-bond donors (Lipinski definition) is 1. The monoisotopic (exact) mass is 711 g/mol. The zero-order valence-electron chi connectivity index (χ0n) is 26.0. The molecule has 1 N–H and O–H groups in total. The molecule has 12 nitrogen and oxygen atoms in total. The molecule has 49 heavy (non-hydrogen) atoms. The van der Waals surface area contributed by atoms with Crippen LogP contribution in [0.25, 0.3) is 16.3 Å². The number of allylic oxidation sites excluding steroid dienone is 1. The number of nitrogens with zero attached hydrogens (tertiary/aromatic N) is 4. The van der Waals surface area contributed by atoms with E-state index in [1.54, 1.807) is 61.5 Å². The first-order valence-corrected chi connectivity index (χ1v) is 17.1. The second-order valence-corrected chi connectivity index (χ2v) is 14.0. The lowest BCUT2D eigenvalue weighted by Crippen LogP contribution is -2.40. The van der Waals surface area contributed by atoms with Crippen LogP contribution in [0.2, 0.25) is 0 Å². The maximum Gasteiger partial charge on any atom is 0.271 e. The fraction of sp³-hybridized carbons (Fsp3) is 0.118. The van der Waals surface area contributed by atoms with E-state index in [1.807, 2.05) is 18.2 Å². The van der Waals surface area contributed by atoms with Gasteiger partial charge >= 0.3 is 0 Å². The first kappa shape index (κ1) is 32.1. The number of non-ortho nitro benzene ring substituents is 1. The second kappa shape index (κ2) is 13.2. The summed E-state index contributed by atoms with van der Waals surface area (Å²) in [6, 6.07) is 21.6. The number of thiazole rings is 2. The van der Waals surface area contributed by atoms with Gasteiger partial charge in [-0.15, -0.1) is 11.3 Å². The number of ether oxygens (including phenoxy) is 2. The standard InChI is InChI=1S/C34H25N5O7S3/c1-18-29(31(40)36-20-7-5-4-6-8-20)30(19-9-13-24(44-2)25(15-19)45-3)38-32(41)27(47-33(38)35-18)17-22-11-14-28(46-22)49-34-37-23-12-10-21(39(42)43)16-26(23)48-34/h4-17,30H,1-3H3,(H,36,40)/b27-17-/t30-/m1/s1. The molecule has 0 aliphatic carbocycles. The van der Waals surface area contributed by atoms with Crippen LogP contribution in [-0.4, -0.2) is 34.6 Å². The van der Waals surface area contributed by atoms with Crippen LogP contribution in [-0.2, 0) is 4.79 Å². The second-order valence-electron chi connectivity index (χ2n) is 10.7. The van der Waals surface area contributed by atoms with Gasteiger partial charge in [0, 0.05) is 23.9 Å². The van der Waals surface area contributed by atoms with Crippen molar-refractivity contribution in [3.05, 3.63) is 131 Å². The minimum atomic E-state index is -0.820. The molecule has 1 atom stereocenters. The molecule has 0 bridgehead atoms. The highest BCUT2D eigenvalue weighted by Gasteiger charge is 2.33. The number of methoxy groups -OCH3 is 2. The summed E-state index contributed by atoms with van der Waals surface area (Å²) in [5.41, 5.74) is 2.33. The number of benzene rings is 3. The summed E-state index contributed by atoms with van der Waals surface area (Å²) in [6.07, 6.45) is 1.64. The van der Waals surface area contributed by atoms with Crippen molar-refractivity contribution in [3.8, 4) is 11.5 Å². The molecule has 7 rings (SSSR count). The number of aromatic nitrogens is 2. The lowest BCUT2D eigenvalue weighted by atomic mass is 9.94. The molecule has 246 valence electrons. The van der Waals surface area contributed by atoms with E-state index >= 15 is 0 Å². The molecule has 6 aromatic rings. The summed E-state index contributed by atoms with van der Waals surface area (Å²) in [6.45, 7) is 1.75. The number of amides is 1. The van der Waals surface area contributed by atoms with Gasteiger partial charge in [0.1, 0.15) is 5.76 Å². The zero-order valence-corrected chi connectivity index (χ0v) is 28.5. The molecule has 0 spiro atoms. The largest absolute Gasteiger partial charge is 0.493 e. The molecule has 0 saturated carbocycles. The molecule has 3 aromatic heterocycles. The Hall–Kier alpha value is -5.51. The fourth-order valence-corrected chi connectivity index (χ4v) is 8.43. The number of carbonyl (C=O) groups excluding carboxylic acids is 1. The molecule has 3 aromatic carbocycles. The van der Waals surface area contributed by atoms with Crippen LogP contribution in [0.1, 0.15) is 24.3 Å². The van der Waals surface area contributed by atoms with E-state index in [1.165, 1.54) is 65.4 Å². The first-order valence-electron chi connectivity index (χ1n) is 14.7. The van der Waals surface area contributed by atoms with Crippen LogP contribution in [0.3, 0.4) is 0 Å². The minimum absolute atomic E-state index is 0.00181. The third kappa shape index (κ3) is 6.26. The van der Waals surface area contributed by atoms with Gasteiger partial charge in [-0.3, -0.25) is 24.3 Å². The molecule has 1 aliphatic heterocycles. The summed E-state index contributed by atoms with van der Waals surface area (Å²) < 4.78 is 20.3. The van der Waals surface area contributed by atoms with Crippen molar-refractivity contribution in [1.29, 1.82) is 0 Å². The van der Waals surface area contributed by atoms with Crippen LogP contribution in [0, 0.1) is 10.1 Å². The van der Waals surface area contributed by atoms with E-state index in [4.69, 9.17) is 18.9 Å². The lowest BCUT2D eigenvalue weighted by molar-refractivity contribution is -0.384. The Bertz CT molecular complexity index is 2480. The number of carbonyl (C=O) groups is 1. The third-order valence-electron chi connectivity index (χ3n) is 7.65. The Morgan fingerprint density at radius 3 is 2.59 bits per heavy atom. The normalized spacial score (nSPS) is 14.4. The van der Waals surface area contributed by atoms with Gasteiger partial charge in [0.2, 0.25) is 0 Å². The first-order chi connectivity index (χ1) is 23.7. The summed E-state index contributed by atoms with van der Waals surface area (Å²) in [7, 11) is 3.06. The van der Waals surface area contributed by atoms with Crippen molar-refractivity contribution >= 4 is 68.0 Å². The van der Waals surface area contributed by atoms with Crippen LogP contribution in [0.4, 0.5) is 11.4 Å². The molecule has 0 fully saturated rings. The molecule has 0 saturated heterocycles. The molecular weight excluding hydrogens is 687 g/mol. The topological polar surface area (TPSA) is 151 Å². The number of para-hydroxylation sites is 1. The van der Waals surface area contributed by atoms with Gasteiger partial charge in [-0.25, -0.2) is 9.98 Å². The van der Waals surface area contributed by atoms with Crippen molar-refractivity contribution in [3.63, 3.8) is 0 Å². The van der Waals surface area contributed by atoms with Gasteiger partial charge in [-0.05, 0) is 66.7 Å². The van der Waals surface area contributed by atoms with Gasteiger partial charge in [0.05, 0.1) is 51.2 Å². The summed E-state index contributed by atoms with van der Waals surface area (Å²) in [5, 5.41) is 14.6. The number of hydrogen-bond acceptors (Lipinski definition) is 12. The highest BCUT2D eigenvalue weighted by molar-refractivity contribution is 8.01. The Kier molecular flexibility index (Phi) is 8.62. The van der Waals surface area contributed by atoms with Crippen molar-refractivity contribution < 1.29 is 23.6 Å². The smallest absolute Gasteiger partial charge is 0.271 e. The number of fused-ring (bicyclic) bond motifs is 2. The summed E-state index contributed by atoms with van der Waals surface area (Å²) in [5.74, 6) is 1.00. The third-order valence-corrected chi connectivity index (χ3v) is 10.6. The molecule has 4 heterocycles. The Labute approximate surface area is 289 Å². The average molecular weight is 712 g/mol. The fourth-order valence-electron chi connectivity index (χ4n) is 5.40. The van der Waals surface area contributed by atoms with Gasteiger partial charge in [0.15, 0.2) is 25.7 Å². The van der Waals surface area contributed by atoms with E-state index in [-0.39, 0.29) is 11.2 Å². The van der Waals surface area contributed by atoms with Crippen molar-refractivity contribution in [1.82, 2.24) is 9.55 Å². The number of anilines is 1. The van der Waals surface area contributed by atoms with Gasteiger partial charge in [-0.2, -0.15) is 0 Å². The molecule has 1 aliphatic rings. The van der Waals surface area contributed by atoms with E-state index in [0.717, 1.165) is 0 Å². The maximum atomic E-state index is 14.2. The highest BCUT2D eigenvalue weighted by atomic mass is 32.2. The quantitative estimate of drug-likeness (QED) is 0.138. The van der Waals surface area contributed by atoms with Crippen molar-refractivity contribution in [2.24, 2.45) is 4.99 Å². The van der Waals surface area contributed by atoms with E-state index in [9.17, 15) is 19.7 Å². The van der Waals surface area contributed by atoms with E-state index in [2.05, 4.69) is 10.3 Å². The predicted molar refractivity (Wildman–Crippen MR) is 187 cm³/mol. The van der Waals surface area contributed by atoms with Gasteiger partial charge < -0.3 is 19.2 Å². The summed E-state index contributed by atoms with van der Waals surface area (Å²) in [4.78, 5) is 48.4. The SMILES string of the molecule is COc1ccc([C@@H]2C(C(=O)Nc3ccccc3)=C(C)N=c3s/c(=C\c4ccc(Sc5nc6ccc([N+](=O)[O-])cc6s5)o4)c(=O)n32)cc1OC. The molecular formula is C34H25N5O7S3. The van der Waals surface area contributed by atoms with Gasteiger partial charge in [-0.1, -0.05) is 35.6 Å².